The van der Waals surface area contributed by atoms with Crippen LogP contribution in [0.15, 0.2) is 41.7 Å². The molecule has 26 heavy (non-hydrogen) atoms. The molecule has 0 aliphatic heterocycles. The summed E-state index contributed by atoms with van der Waals surface area (Å²) >= 11 is 1.22. The molecule has 0 fully saturated rings. The lowest BCUT2D eigenvalue weighted by Gasteiger charge is -2.14. The molecule has 2 aromatic heterocycles. The van der Waals surface area contributed by atoms with Crippen LogP contribution in [0.1, 0.15) is 18.6 Å². The van der Waals surface area contributed by atoms with Crippen molar-refractivity contribution < 1.29 is 13.2 Å². The van der Waals surface area contributed by atoms with Gasteiger partial charge in [-0.15, -0.1) is 10.2 Å². The van der Waals surface area contributed by atoms with E-state index < -0.39 is 12.7 Å². The third kappa shape index (κ3) is 4.09. The summed E-state index contributed by atoms with van der Waals surface area (Å²) in [5.41, 5.74) is 1.14. The molecule has 0 saturated carbocycles. The minimum Gasteiger partial charge on any atom is -0.317 e. The van der Waals surface area contributed by atoms with Crippen LogP contribution in [0.2, 0.25) is 0 Å². The van der Waals surface area contributed by atoms with E-state index in [-0.39, 0.29) is 0 Å². The van der Waals surface area contributed by atoms with Gasteiger partial charge in [0.1, 0.15) is 18.2 Å². The first kappa shape index (κ1) is 18.5. The third-order valence-corrected chi connectivity index (χ3v) is 4.91. The molecule has 0 saturated heterocycles. The lowest BCUT2D eigenvalue weighted by atomic mass is 10.2. The quantitative estimate of drug-likeness (QED) is 0.604. The van der Waals surface area contributed by atoms with E-state index in [4.69, 9.17) is 0 Å². The van der Waals surface area contributed by atoms with Crippen molar-refractivity contribution in [2.45, 2.75) is 37.0 Å². The van der Waals surface area contributed by atoms with Crippen LogP contribution < -0.4 is 0 Å². The highest BCUT2D eigenvalue weighted by molar-refractivity contribution is 7.98. The zero-order valence-corrected chi connectivity index (χ0v) is 15.2. The Morgan fingerprint density at radius 1 is 1.08 bits per heavy atom. The van der Waals surface area contributed by atoms with Gasteiger partial charge in [-0.05, 0) is 5.56 Å². The van der Waals surface area contributed by atoms with Crippen LogP contribution in [0, 0.1) is 0 Å². The smallest absolute Gasteiger partial charge is 0.317 e. The molecule has 0 spiro atoms. The summed E-state index contributed by atoms with van der Waals surface area (Å²) < 4.78 is 42.3. The number of aromatic nitrogens is 5. The SMILES string of the molecule is CCc1nnc(CSc2ncc(-c3ccccc3)n2CC(F)(F)F)n1C. The van der Waals surface area contributed by atoms with Gasteiger partial charge < -0.3 is 9.13 Å². The van der Waals surface area contributed by atoms with Crippen LogP contribution in [0.4, 0.5) is 13.2 Å². The number of hydrogen-bond donors (Lipinski definition) is 0. The fourth-order valence-corrected chi connectivity index (χ4v) is 3.56. The number of rotatable bonds is 6. The minimum absolute atomic E-state index is 0.308. The predicted octanol–water partition coefficient (Wildman–Crippen LogP) is 4.10. The van der Waals surface area contributed by atoms with Gasteiger partial charge >= 0.3 is 6.18 Å². The topological polar surface area (TPSA) is 48.5 Å². The van der Waals surface area contributed by atoms with Crippen LogP contribution in [0.5, 0.6) is 0 Å². The van der Waals surface area contributed by atoms with Crippen LogP contribution in [-0.2, 0) is 25.8 Å². The number of nitrogens with zero attached hydrogens (tertiary/aromatic N) is 5. The highest BCUT2D eigenvalue weighted by Gasteiger charge is 2.31. The van der Waals surface area contributed by atoms with Crippen molar-refractivity contribution in [2.24, 2.45) is 7.05 Å². The average molecular weight is 381 g/mol. The standard InChI is InChI=1S/C17H18F3N5S/c1-3-14-22-23-15(24(14)2)10-26-16-21-9-13(12-7-5-4-6-8-12)25(16)11-17(18,19)20/h4-9H,3,10-11H2,1-2H3. The molecule has 138 valence electrons. The summed E-state index contributed by atoms with van der Waals surface area (Å²) in [6.07, 6.45) is -2.10. The van der Waals surface area contributed by atoms with Crippen molar-refractivity contribution in [2.75, 3.05) is 0 Å². The first-order valence-electron chi connectivity index (χ1n) is 8.06. The Bertz CT molecular complexity index is 870. The van der Waals surface area contributed by atoms with E-state index in [0.717, 1.165) is 12.2 Å². The molecule has 0 atom stereocenters. The van der Waals surface area contributed by atoms with Crippen molar-refractivity contribution in [3.63, 3.8) is 0 Å². The highest BCUT2D eigenvalue weighted by Crippen LogP contribution is 2.31. The molecule has 0 unspecified atom stereocenters. The molecule has 2 heterocycles. The molecule has 1 aromatic carbocycles. The maximum Gasteiger partial charge on any atom is 0.406 e. The monoisotopic (exact) mass is 381 g/mol. The Balaban J connectivity index is 1.88. The summed E-state index contributed by atoms with van der Waals surface area (Å²) in [6, 6.07) is 8.95. The number of halogens is 3. The van der Waals surface area contributed by atoms with E-state index in [1.165, 1.54) is 22.5 Å². The Kier molecular flexibility index (Phi) is 5.36. The van der Waals surface area contributed by atoms with Crippen LogP contribution in [0.3, 0.4) is 0 Å². The van der Waals surface area contributed by atoms with Crippen molar-refractivity contribution in [3.05, 3.63) is 48.2 Å². The van der Waals surface area contributed by atoms with Crippen molar-refractivity contribution >= 4 is 11.8 Å². The number of imidazole rings is 1. The van der Waals surface area contributed by atoms with E-state index in [2.05, 4.69) is 15.2 Å². The van der Waals surface area contributed by atoms with Crippen LogP contribution in [-0.4, -0.2) is 30.5 Å². The highest BCUT2D eigenvalue weighted by atomic mass is 32.2. The summed E-state index contributed by atoms with van der Waals surface area (Å²) in [6.45, 7) is 0.891. The zero-order valence-electron chi connectivity index (χ0n) is 14.4. The van der Waals surface area contributed by atoms with Crippen molar-refractivity contribution in [1.82, 2.24) is 24.3 Å². The van der Waals surface area contributed by atoms with Gasteiger partial charge in [0.05, 0.1) is 17.6 Å². The maximum atomic E-state index is 13.1. The average Bonchev–Trinajstić information content (AvgIpc) is 3.15. The van der Waals surface area contributed by atoms with E-state index in [1.807, 2.05) is 24.6 Å². The molecular weight excluding hydrogens is 363 g/mol. The Hall–Kier alpha value is -2.29. The minimum atomic E-state index is -4.33. The van der Waals surface area contributed by atoms with Crippen LogP contribution >= 0.6 is 11.8 Å². The second-order valence-corrected chi connectivity index (χ2v) is 6.67. The van der Waals surface area contributed by atoms with E-state index in [1.54, 1.807) is 24.3 Å². The molecule has 0 bridgehead atoms. The number of thioether (sulfide) groups is 1. The number of aryl methyl sites for hydroxylation is 1. The molecule has 0 radical (unpaired) electrons. The summed E-state index contributed by atoms with van der Waals surface area (Å²) in [4.78, 5) is 4.22. The summed E-state index contributed by atoms with van der Waals surface area (Å²) in [7, 11) is 1.85. The summed E-state index contributed by atoms with van der Waals surface area (Å²) in [5, 5.41) is 8.48. The number of alkyl halides is 3. The van der Waals surface area contributed by atoms with Gasteiger partial charge in [0.25, 0.3) is 0 Å². The lowest BCUT2D eigenvalue weighted by Crippen LogP contribution is -2.19. The molecule has 9 heteroatoms. The fraction of sp³-hybridized carbons (Fsp3) is 0.353. The van der Waals surface area contributed by atoms with Gasteiger partial charge in [-0.25, -0.2) is 4.98 Å². The molecule has 3 rings (SSSR count). The first-order chi connectivity index (χ1) is 12.4. The Morgan fingerprint density at radius 2 is 1.77 bits per heavy atom. The van der Waals surface area contributed by atoms with E-state index in [0.29, 0.717) is 28.0 Å². The number of hydrogen-bond acceptors (Lipinski definition) is 4. The van der Waals surface area contributed by atoms with E-state index >= 15 is 0 Å². The molecule has 0 aliphatic rings. The zero-order chi connectivity index (χ0) is 18.7. The van der Waals surface area contributed by atoms with Gasteiger partial charge in [0.2, 0.25) is 0 Å². The van der Waals surface area contributed by atoms with Crippen LogP contribution in [0.25, 0.3) is 11.3 Å². The molecule has 0 amide bonds. The first-order valence-corrected chi connectivity index (χ1v) is 9.05. The van der Waals surface area contributed by atoms with Gasteiger partial charge in [0, 0.05) is 13.5 Å². The second kappa shape index (κ2) is 7.53. The molecular formula is C17H18F3N5S. The molecule has 0 N–H and O–H groups in total. The van der Waals surface area contributed by atoms with Gasteiger partial charge in [-0.2, -0.15) is 13.2 Å². The third-order valence-electron chi connectivity index (χ3n) is 3.93. The molecule has 5 nitrogen and oxygen atoms in total. The second-order valence-electron chi connectivity index (χ2n) is 5.73. The molecule has 3 aromatic rings. The van der Waals surface area contributed by atoms with Crippen molar-refractivity contribution in [1.29, 1.82) is 0 Å². The number of benzene rings is 1. The normalized spacial score (nSPS) is 11.9. The van der Waals surface area contributed by atoms with Gasteiger partial charge in [-0.3, -0.25) is 0 Å². The lowest BCUT2D eigenvalue weighted by molar-refractivity contribution is -0.141. The van der Waals surface area contributed by atoms with Gasteiger partial charge in [0.15, 0.2) is 5.16 Å². The fourth-order valence-electron chi connectivity index (χ4n) is 2.61. The summed E-state index contributed by atoms with van der Waals surface area (Å²) in [5.74, 6) is 1.94. The Morgan fingerprint density at radius 3 is 2.38 bits per heavy atom. The van der Waals surface area contributed by atoms with Crippen molar-refractivity contribution in [3.8, 4) is 11.3 Å². The van der Waals surface area contributed by atoms with E-state index in [9.17, 15) is 13.2 Å². The predicted molar refractivity (Wildman–Crippen MR) is 93.7 cm³/mol. The Labute approximate surface area is 153 Å². The maximum absolute atomic E-state index is 13.1. The molecule has 0 aliphatic carbocycles. The van der Waals surface area contributed by atoms with Gasteiger partial charge in [-0.1, -0.05) is 49.0 Å². The largest absolute Gasteiger partial charge is 0.406 e.